The van der Waals surface area contributed by atoms with E-state index in [1.165, 1.54) is 37.9 Å². The normalized spacial score (nSPS) is 29.9. The first kappa shape index (κ1) is 8.34. The highest BCUT2D eigenvalue weighted by Gasteiger charge is 2.39. The van der Waals surface area contributed by atoms with Crippen molar-refractivity contribution in [3.05, 3.63) is 29.8 Å². The smallest absolute Gasteiger partial charge is 0.0403 e. The van der Waals surface area contributed by atoms with E-state index < -0.39 is 0 Å². The quantitative estimate of drug-likeness (QED) is 0.603. The summed E-state index contributed by atoms with van der Waals surface area (Å²) in [6, 6.07) is 8.91. The predicted octanol–water partition coefficient (Wildman–Crippen LogP) is 2.99. The molecule has 14 heavy (non-hydrogen) atoms. The number of hydrogen-bond donors (Lipinski definition) is 0. The van der Waals surface area contributed by atoms with Gasteiger partial charge >= 0.3 is 0 Å². The fraction of sp³-hybridized carbons (Fsp3) is 0.538. The molecule has 3 rings (SSSR count). The molecule has 74 valence electrons. The van der Waals surface area contributed by atoms with Gasteiger partial charge in [0.1, 0.15) is 0 Å². The Bertz CT molecular complexity index is 358. The number of anilines is 1. The number of para-hydroxylation sites is 1. The first-order valence-corrected chi connectivity index (χ1v) is 5.65. The summed E-state index contributed by atoms with van der Waals surface area (Å²) in [5.41, 5.74) is 3.51. The molecule has 2 heterocycles. The molecule has 0 unspecified atom stereocenters. The summed E-state index contributed by atoms with van der Waals surface area (Å²) in [6.07, 6.45) is 5.35. The summed E-state index contributed by atoms with van der Waals surface area (Å²) in [6.45, 7) is 3.68. The number of rotatable bonds is 0. The van der Waals surface area contributed by atoms with Crippen LogP contribution in [0.15, 0.2) is 24.3 Å². The Balaban J connectivity index is 2.10. The number of hydrogen-bond acceptors (Lipinski definition) is 1. The highest BCUT2D eigenvalue weighted by molar-refractivity contribution is 5.58. The number of nitrogens with zero attached hydrogens (tertiary/aromatic N) is 1. The molecule has 2 aliphatic heterocycles. The van der Waals surface area contributed by atoms with Gasteiger partial charge in [-0.15, -0.1) is 0 Å². The van der Waals surface area contributed by atoms with Crippen LogP contribution >= 0.6 is 0 Å². The van der Waals surface area contributed by atoms with Gasteiger partial charge < -0.3 is 4.90 Å². The number of aryl methyl sites for hydroxylation is 1. The highest BCUT2D eigenvalue weighted by atomic mass is 15.2. The van der Waals surface area contributed by atoms with E-state index in [0.29, 0.717) is 5.54 Å². The first-order chi connectivity index (χ1) is 6.80. The second kappa shape index (κ2) is 2.75. The van der Waals surface area contributed by atoms with Gasteiger partial charge in [0, 0.05) is 17.8 Å². The van der Waals surface area contributed by atoms with Crippen LogP contribution in [-0.4, -0.2) is 12.1 Å². The molecular weight excluding hydrogens is 170 g/mol. The van der Waals surface area contributed by atoms with Crippen LogP contribution in [0.25, 0.3) is 0 Å². The third kappa shape index (κ3) is 1.01. The van der Waals surface area contributed by atoms with E-state index in [2.05, 4.69) is 36.1 Å². The Morgan fingerprint density at radius 2 is 2.07 bits per heavy atom. The topological polar surface area (TPSA) is 3.24 Å². The average molecular weight is 187 g/mol. The maximum atomic E-state index is 2.63. The van der Waals surface area contributed by atoms with Gasteiger partial charge in [0.05, 0.1) is 0 Å². The Morgan fingerprint density at radius 3 is 3.00 bits per heavy atom. The Morgan fingerprint density at radius 1 is 1.21 bits per heavy atom. The zero-order chi connectivity index (χ0) is 9.60. The standard InChI is InChI=1S/C13H17N/c1-13-8-4-10-14(13)12-6-3-2-5-11(12)7-9-13/h2-3,5-6H,4,7-10H2,1H3/t13-/m1/s1. The lowest BCUT2D eigenvalue weighted by Crippen LogP contribution is -2.44. The average Bonchev–Trinajstić information content (AvgIpc) is 2.60. The second-order valence-electron chi connectivity index (χ2n) is 4.88. The van der Waals surface area contributed by atoms with Gasteiger partial charge in [-0.2, -0.15) is 0 Å². The van der Waals surface area contributed by atoms with Crippen LogP contribution in [0.4, 0.5) is 5.69 Å². The molecular formula is C13H17N. The van der Waals surface area contributed by atoms with E-state index in [1.54, 1.807) is 5.56 Å². The van der Waals surface area contributed by atoms with Gasteiger partial charge in [-0.1, -0.05) is 18.2 Å². The van der Waals surface area contributed by atoms with Crippen LogP contribution < -0.4 is 4.90 Å². The van der Waals surface area contributed by atoms with E-state index in [4.69, 9.17) is 0 Å². The molecule has 0 N–H and O–H groups in total. The summed E-state index contributed by atoms with van der Waals surface area (Å²) in [4.78, 5) is 2.63. The van der Waals surface area contributed by atoms with Crippen LogP contribution in [0, 0.1) is 0 Å². The van der Waals surface area contributed by atoms with Crippen molar-refractivity contribution in [2.75, 3.05) is 11.4 Å². The molecule has 0 spiro atoms. The number of benzene rings is 1. The highest BCUT2D eigenvalue weighted by Crippen LogP contribution is 2.42. The van der Waals surface area contributed by atoms with Crippen LogP contribution in [0.1, 0.15) is 31.7 Å². The molecule has 0 bridgehead atoms. The van der Waals surface area contributed by atoms with Gasteiger partial charge in [-0.3, -0.25) is 0 Å². The minimum absolute atomic E-state index is 0.467. The minimum atomic E-state index is 0.467. The molecule has 1 aromatic carbocycles. The Kier molecular flexibility index (Phi) is 1.64. The maximum Gasteiger partial charge on any atom is 0.0403 e. The van der Waals surface area contributed by atoms with Gasteiger partial charge in [-0.25, -0.2) is 0 Å². The number of fused-ring (bicyclic) bond motifs is 3. The third-order valence-corrected chi connectivity index (χ3v) is 3.96. The van der Waals surface area contributed by atoms with E-state index in [0.717, 1.165) is 0 Å². The fourth-order valence-electron chi connectivity index (χ4n) is 3.08. The van der Waals surface area contributed by atoms with Crippen molar-refractivity contribution in [1.82, 2.24) is 0 Å². The molecule has 0 aliphatic carbocycles. The Labute approximate surface area is 85.7 Å². The molecule has 0 aromatic heterocycles. The van der Waals surface area contributed by atoms with Crippen LogP contribution in [0.5, 0.6) is 0 Å². The van der Waals surface area contributed by atoms with Crippen LogP contribution in [-0.2, 0) is 6.42 Å². The van der Waals surface area contributed by atoms with E-state index in [-0.39, 0.29) is 0 Å². The van der Waals surface area contributed by atoms with Gasteiger partial charge in [0.25, 0.3) is 0 Å². The van der Waals surface area contributed by atoms with Gasteiger partial charge in [0.2, 0.25) is 0 Å². The van der Waals surface area contributed by atoms with E-state index in [9.17, 15) is 0 Å². The summed E-state index contributed by atoms with van der Waals surface area (Å²) in [7, 11) is 0. The zero-order valence-corrected chi connectivity index (χ0v) is 8.79. The van der Waals surface area contributed by atoms with Crippen molar-refractivity contribution in [2.24, 2.45) is 0 Å². The van der Waals surface area contributed by atoms with Crippen molar-refractivity contribution in [2.45, 2.75) is 38.1 Å². The second-order valence-corrected chi connectivity index (χ2v) is 4.88. The SMILES string of the molecule is C[C@]12CCCN1c1ccccc1CC2. The largest absolute Gasteiger partial charge is 0.366 e. The van der Waals surface area contributed by atoms with E-state index >= 15 is 0 Å². The van der Waals surface area contributed by atoms with Gasteiger partial charge in [0.15, 0.2) is 0 Å². The molecule has 1 fully saturated rings. The molecule has 1 heteroatoms. The lowest BCUT2D eigenvalue weighted by Gasteiger charge is -2.42. The summed E-state index contributed by atoms with van der Waals surface area (Å²) in [5.74, 6) is 0. The molecule has 2 aliphatic rings. The lowest BCUT2D eigenvalue weighted by atomic mass is 9.86. The van der Waals surface area contributed by atoms with E-state index in [1.807, 2.05) is 0 Å². The molecule has 0 saturated carbocycles. The molecule has 1 saturated heterocycles. The monoisotopic (exact) mass is 187 g/mol. The fourth-order valence-corrected chi connectivity index (χ4v) is 3.08. The van der Waals surface area contributed by atoms with Crippen molar-refractivity contribution >= 4 is 5.69 Å². The summed E-state index contributed by atoms with van der Waals surface area (Å²) < 4.78 is 0. The van der Waals surface area contributed by atoms with Crippen molar-refractivity contribution in [1.29, 1.82) is 0 Å². The maximum absolute atomic E-state index is 2.63. The van der Waals surface area contributed by atoms with Gasteiger partial charge in [-0.05, 0) is 44.2 Å². The predicted molar refractivity (Wildman–Crippen MR) is 59.7 cm³/mol. The van der Waals surface area contributed by atoms with Crippen molar-refractivity contribution < 1.29 is 0 Å². The molecule has 0 amide bonds. The molecule has 1 nitrogen and oxygen atoms in total. The molecule has 0 radical (unpaired) electrons. The molecule has 1 aromatic rings. The summed E-state index contributed by atoms with van der Waals surface area (Å²) in [5, 5.41) is 0. The zero-order valence-electron chi connectivity index (χ0n) is 8.79. The first-order valence-electron chi connectivity index (χ1n) is 5.65. The molecule has 1 atom stereocenters. The van der Waals surface area contributed by atoms with Crippen LogP contribution in [0.2, 0.25) is 0 Å². The minimum Gasteiger partial charge on any atom is -0.366 e. The third-order valence-electron chi connectivity index (χ3n) is 3.96. The lowest BCUT2D eigenvalue weighted by molar-refractivity contribution is 0.416. The van der Waals surface area contributed by atoms with Crippen molar-refractivity contribution in [3.8, 4) is 0 Å². The summed E-state index contributed by atoms with van der Waals surface area (Å²) >= 11 is 0. The van der Waals surface area contributed by atoms with Crippen molar-refractivity contribution in [3.63, 3.8) is 0 Å². The van der Waals surface area contributed by atoms with Crippen LogP contribution in [0.3, 0.4) is 0 Å². The Hall–Kier alpha value is -0.980.